The number of halogens is 1. The highest BCUT2D eigenvalue weighted by atomic mass is 35.5. The topological polar surface area (TPSA) is 38.8 Å². The summed E-state index contributed by atoms with van der Waals surface area (Å²) < 4.78 is 11.1. The number of hydrogen-bond donors (Lipinski definition) is 0. The van der Waals surface area contributed by atoms with Gasteiger partial charge in [0.2, 0.25) is 0 Å². The van der Waals surface area contributed by atoms with Crippen LogP contribution in [0.3, 0.4) is 0 Å². The number of amides is 1. The molecular weight excluding hydrogens is 290 g/mol. The predicted molar refractivity (Wildman–Crippen MR) is 83.6 cm³/mol. The van der Waals surface area contributed by atoms with Crippen molar-refractivity contribution in [2.75, 3.05) is 26.3 Å². The largest absolute Gasteiger partial charge is 0.490 e. The number of piperidine rings is 1. The van der Waals surface area contributed by atoms with E-state index in [4.69, 9.17) is 21.1 Å². The maximum atomic E-state index is 12.5. The Morgan fingerprint density at radius 3 is 2.43 bits per heavy atom. The van der Waals surface area contributed by atoms with Crippen LogP contribution in [0.4, 0.5) is 0 Å². The smallest absolute Gasteiger partial charge is 0.253 e. The number of ether oxygens (including phenoxy) is 2. The Hall–Kier alpha value is -1.42. The molecule has 5 heteroatoms. The molecule has 1 aliphatic rings. The molecule has 4 nitrogen and oxygen atoms in total. The first-order chi connectivity index (χ1) is 10.2. The molecule has 2 rings (SSSR count). The summed E-state index contributed by atoms with van der Waals surface area (Å²) in [6.07, 6.45) is 1.70. The van der Waals surface area contributed by atoms with Crippen LogP contribution in [0.5, 0.6) is 11.5 Å². The third kappa shape index (κ3) is 4.03. The summed E-state index contributed by atoms with van der Waals surface area (Å²) in [5.41, 5.74) is 0.634. The van der Waals surface area contributed by atoms with E-state index in [1.165, 1.54) is 0 Å². The number of carbonyl (C=O) groups is 1. The van der Waals surface area contributed by atoms with Gasteiger partial charge in [-0.2, -0.15) is 0 Å². The van der Waals surface area contributed by atoms with Crippen molar-refractivity contribution in [3.63, 3.8) is 0 Å². The third-order valence-electron chi connectivity index (χ3n) is 3.50. The lowest BCUT2D eigenvalue weighted by Crippen LogP contribution is -2.38. The van der Waals surface area contributed by atoms with Gasteiger partial charge < -0.3 is 14.4 Å². The zero-order valence-electron chi connectivity index (χ0n) is 12.6. The minimum absolute atomic E-state index is 0.0302. The summed E-state index contributed by atoms with van der Waals surface area (Å²) in [6.45, 7) is 6.36. The first-order valence-electron chi connectivity index (χ1n) is 7.48. The number of nitrogens with zero attached hydrogens (tertiary/aromatic N) is 1. The van der Waals surface area contributed by atoms with Crippen LogP contribution in [0.25, 0.3) is 0 Å². The zero-order chi connectivity index (χ0) is 15.2. The van der Waals surface area contributed by atoms with Crippen LogP contribution in [0.2, 0.25) is 0 Å². The van der Waals surface area contributed by atoms with Crippen molar-refractivity contribution < 1.29 is 14.3 Å². The lowest BCUT2D eigenvalue weighted by atomic mass is 10.1. The van der Waals surface area contributed by atoms with Crippen molar-refractivity contribution in [3.8, 4) is 11.5 Å². The van der Waals surface area contributed by atoms with Crippen molar-refractivity contribution in [3.05, 3.63) is 23.8 Å². The highest BCUT2D eigenvalue weighted by molar-refractivity contribution is 6.20. The Kier molecular flexibility index (Phi) is 5.74. The van der Waals surface area contributed by atoms with E-state index in [1.807, 2.05) is 18.7 Å². The van der Waals surface area contributed by atoms with Gasteiger partial charge in [-0.25, -0.2) is 0 Å². The first-order valence-corrected chi connectivity index (χ1v) is 7.92. The standard InChI is InChI=1S/C16H22ClNO3/c1-3-20-14-6-5-12(11-15(14)21-4-2)16(19)18-9-7-13(17)8-10-18/h5-6,11,13H,3-4,7-10H2,1-2H3. The van der Waals surface area contributed by atoms with E-state index in [9.17, 15) is 4.79 Å². The normalized spacial score (nSPS) is 15.9. The van der Waals surface area contributed by atoms with Gasteiger partial charge in [0, 0.05) is 24.0 Å². The second-order valence-electron chi connectivity index (χ2n) is 4.99. The summed E-state index contributed by atoms with van der Waals surface area (Å²) in [7, 11) is 0. The van der Waals surface area contributed by atoms with Crippen LogP contribution < -0.4 is 9.47 Å². The van der Waals surface area contributed by atoms with Crippen molar-refractivity contribution in [2.24, 2.45) is 0 Å². The fraction of sp³-hybridized carbons (Fsp3) is 0.562. The molecule has 0 aliphatic carbocycles. The van der Waals surface area contributed by atoms with E-state index in [0.29, 0.717) is 43.4 Å². The predicted octanol–water partition coefficient (Wildman–Crippen LogP) is 3.33. The molecule has 1 heterocycles. The van der Waals surface area contributed by atoms with Crippen molar-refractivity contribution in [1.29, 1.82) is 0 Å². The van der Waals surface area contributed by atoms with Crippen LogP contribution in [0, 0.1) is 0 Å². The molecular formula is C16H22ClNO3. The minimum Gasteiger partial charge on any atom is -0.490 e. The Morgan fingerprint density at radius 1 is 1.19 bits per heavy atom. The third-order valence-corrected chi connectivity index (χ3v) is 3.94. The van der Waals surface area contributed by atoms with Gasteiger partial charge in [-0.3, -0.25) is 4.79 Å². The van der Waals surface area contributed by atoms with Gasteiger partial charge in [0.1, 0.15) is 0 Å². The first kappa shape index (κ1) is 16.0. The number of alkyl halides is 1. The lowest BCUT2D eigenvalue weighted by molar-refractivity contribution is 0.0726. The molecule has 1 saturated heterocycles. The van der Waals surface area contributed by atoms with Gasteiger partial charge >= 0.3 is 0 Å². The Labute approximate surface area is 131 Å². The monoisotopic (exact) mass is 311 g/mol. The number of rotatable bonds is 5. The highest BCUT2D eigenvalue weighted by Crippen LogP contribution is 2.29. The molecule has 0 unspecified atom stereocenters. The van der Waals surface area contributed by atoms with Gasteiger partial charge in [-0.05, 0) is 44.9 Å². The summed E-state index contributed by atoms with van der Waals surface area (Å²) >= 11 is 6.08. The van der Waals surface area contributed by atoms with Crippen molar-refractivity contribution in [2.45, 2.75) is 32.1 Å². The van der Waals surface area contributed by atoms with Gasteiger partial charge in [-0.15, -0.1) is 11.6 Å². The number of benzene rings is 1. The average molecular weight is 312 g/mol. The molecule has 0 saturated carbocycles. The molecule has 0 radical (unpaired) electrons. The van der Waals surface area contributed by atoms with Gasteiger partial charge in [0.15, 0.2) is 11.5 Å². The van der Waals surface area contributed by atoms with Crippen LogP contribution >= 0.6 is 11.6 Å². The summed E-state index contributed by atoms with van der Waals surface area (Å²) in [4.78, 5) is 14.4. The number of carbonyl (C=O) groups excluding carboxylic acids is 1. The van der Waals surface area contributed by atoms with E-state index in [2.05, 4.69) is 0 Å². The van der Waals surface area contributed by atoms with Gasteiger partial charge in [-0.1, -0.05) is 0 Å². The lowest BCUT2D eigenvalue weighted by Gasteiger charge is -2.29. The van der Waals surface area contributed by atoms with Crippen molar-refractivity contribution >= 4 is 17.5 Å². The molecule has 0 aromatic heterocycles. The summed E-state index contributed by atoms with van der Waals surface area (Å²) in [5.74, 6) is 1.33. The van der Waals surface area contributed by atoms with E-state index >= 15 is 0 Å². The van der Waals surface area contributed by atoms with E-state index in [1.54, 1.807) is 18.2 Å². The molecule has 1 amide bonds. The van der Waals surface area contributed by atoms with Gasteiger partial charge in [0.05, 0.1) is 13.2 Å². The minimum atomic E-state index is 0.0302. The van der Waals surface area contributed by atoms with Crippen molar-refractivity contribution in [1.82, 2.24) is 4.90 Å². The van der Waals surface area contributed by atoms with E-state index < -0.39 is 0 Å². The molecule has 0 N–H and O–H groups in total. The van der Waals surface area contributed by atoms with Gasteiger partial charge in [0.25, 0.3) is 5.91 Å². The number of hydrogen-bond acceptors (Lipinski definition) is 3. The molecule has 1 fully saturated rings. The molecule has 0 spiro atoms. The molecule has 0 bridgehead atoms. The Bertz CT molecular complexity index is 484. The number of likely N-dealkylation sites (tertiary alicyclic amines) is 1. The zero-order valence-corrected chi connectivity index (χ0v) is 13.4. The summed E-state index contributed by atoms with van der Waals surface area (Å²) in [5, 5.41) is 0.188. The maximum Gasteiger partial charge on any atom is 0.253 e. The van der Waals surface area contributed by atoms with Crippen LogP contribution in [-0.4, -0.2) is 42.5 Å². The van der Waals surface area contributed by atoms with Crippen LogP contribution in [-0.2, 0) is 0 Å². The molecule has 1 aliphatic heterocycles. The summed E-state index contributed by atoms with van der Waals surface area (Å²) in [6, 6.07) is 5.36. The van der Waals surface area contributed by atoms with E-state index in [-0.39, 0.29) is 11.3 Å². The second kappa shape index (κ2) is 7.55. The molecule has 0 atom stereocenters. The van der Waals surface area contributed by atoms with Crippen LogP contribution in [0.1, 0.15) is 37.0 Å². The average Bonchev–Trinajstić information content (AvgIpc) is 2.49. The molecule has 116 valence electrons. The quantitative estimate of drug-likeness (QED) is 0.783. The Morgan fingerprint density at radius 2 is 1.81 bits per heavy atom. The fourth-order valence-electron chi connectivity index (χ4n) is 2.42. The molecule has 1 aromatic rings. The second-order valence-corrected chi connectivity index (χ2v) is 5.61. The van der Waals surface area contributed by atoms with E-state index in [0.717, 1.165) is 12.8 Å². The maximum absolute atomic E-state index is 12.5. The fourth-order valence-corrected chi connectivity index (χ4v) is 2.61. The SMILES string of the molecule is CCOc1ccc(C(=O)N2CCC(Cl)CC2)cc1OCC. The molecule has 1 aromatic carbocycles. The highest BCUT2D eigenvalue weighted by Gasteiger charge is 2.23. The van der Waals surface area contributed by atoms with Crippen LogP contribution in [0.15, 0.2) is 18.2 Å². The Balaban J connectivity index is 2.15. The molecule has 21 heavy (non-hydrogen) atoms.